The second kappa shape index (κ2) is 10.7. The van der Waals surface area contributed by atoms with Crippen LogP contribution in [0.5, 0.6) is 0 Å². The second-order valence-corrected chi connectivity index (χ2v) is 8.42. The average Bonchev–Trinajstić information content (AvgIpc) is 2.75. The minimum Gasteiger partial charge on any atom is -0.340 e. The smallest absolute Gasteiger partial charge is 0.253 e. The monoisotopic (exact) mass is 400 g/mol. The van der Waals surface area contributed by atoms with Crippen molar-refractivity contribution in [3.8, 4) is 0 Å². The van der Waals surface area contributed by atoms with E-state index in [1.165, 1.54) is 19.3 Å². The predicted molar refractivity (Wildman–Crippen MR) is 116 cm³/mol. The summed E-state index contributed by atoms with van der Waals surface area (Å²) in [5.41, 5.74) is 1.85. The summed E-state index contributed by atoms with van der Waals surface area (Å²) >= 11 is 0. The number of piperidine rings is 1. The van der Waals surface area contributed by atoms with Gasteiger partial charge in [0, 0.05) is 63.8 Å². The van der Waals surface area contributed by atoms with Crippen molar-refractivity contribution in [2.45, 2.75) is 45.6 Å². The third-order valence-corrected chi connectivity index (χ3v) is 6.25. The molecule has 0 saturated carbocycles. The first kappa shape index (κ1) is 21.8. The molecule has 2 aliphatic rings. The van der Waals surface area contributed by atoms with E-state index in [9.17, 15) is 9.59 Å². The summed E-state index contributed by atoms with van der Waals surface area (Å²) in [4.78, 5) is 32.1. The lowest BCUT2D eigenvalue weighted by atomic mass is 10.0. The Labute approximate surface area is 175 Å². The predicted octanol–water partition coefficient (Wildman–Crippen LogP) is 2.13. The number of nitrogens with one attached hydrogen (secondary N) is 1. The van der Waals surface area contributed by atoms with Crippen molar-refractivity contribution in [2.24, 2.45) is 0 Å². The van der Waals surface area contributed by atoms with Gasteiger partial charge >= 0.3 is 0 Å². The zero-order valence-corrected chi connectivity index (χ0v) is 18.0. The standard InChI is InChI=1S/C23H36N4O2/c1-19-6-8-21(9-7-19)23(29)27(18-17-25-13-4-3-5-20(25)2)14-10-22(28)26-15-11-24-12-16-26/h6-9,20,24H,3-5,10-18H2,1-2H3/t20-/m0/s1. The number of rotatable bonds is 7. The minimum atomic E-state index is 0.0303. The van der Waals surface area contributed by atoms with Crippen LogP contribution >= 0.6 is 0 Å². The molecule has 1 aromatic carbocycles. The highest BCUT2D eigenvalue weighted by atomic mass is 16.2. The SMILES string of the molecule is Cc1ccc(C(=O)N(CCC(=O)N2CCNCC2)CCN2CCCC[C@@H]2C)cc1. The number of likely N-dealkylation sites (tertiary alicyclic amines) is 1. The summed E-state index contributed by atoms with van der Waals surface area (Å²) in [6, 6.07) is 8.31. The van der Waals surface area contributed by atoms with E-state index in [2.05, 4.69) is 17.1 Å². The molecule has 2 heterocycles. The highest BCUT2D eigenvalue weighted by Crippen LogP contribution is 2.16. The molecule has 0 aromatic heterocycles. The highest BCUT2D eigenvalue weighted by molar-refractivity contribution is 5.94. The normalized spacial score (nSPS) is 20.5. The molecule has 2 aliphatic heterocycles. The fourth-order valence-corrected chi connectivity index (χ4v) is 4.24. The number of piperazine rings is 1. The van der Waals surface area contributed by atoms with Crippen LogP contribution in [-0.2, 0) is 4.79 Å². The topological polar surface area (TPSA) is 55.9 Å². The van der Waals surface area contributed by atoms with Crippen molar-refractivity contribution in [1.29, 1.82) is 0 Å². The number of carbonyl (C=O) groups excluding carboxylic acids is 2. The van der Waals surface area contributed by atoms with Crippen LogP contribution in [-0.4, -0.2) is 84.9 Å². The summed E-state index contributed by atoms with van der Waals surface area (Å²) in [6.45, 7) is 10.7. The van der Waals surface area contributed by atoms with Crippen LogP contribution in [0, 0.1) is 6.92 Å². The van der Waals surface area contributed by atoms with Gasteiger partial charge in [-0.2, -0.15) is 0 Å². The van der Waals surface area contributed by atoms with E-state index >= 15 is 0 Å². The maximum absolute atomic E-state index is 13.2. The van der Waals surface area contributed by atoms with Gasteiger partial charge in [0.25, 0.3) is 5.91 Å². The Morgan fingerprint density at radius 1 is 1.07 bits per heavy atom. The Bertz CT molecular complexity index is 670. The van der Waals surface area contributed by atoms with E-state index in [1.807, 2.05) is 41.0 Å². The molecule has 2 fully saturated rings. The molecule has 6 nitrogen and oxygen atoms in total. The first-order chi connectivity index (χ1) is 14.0. The van der Waals surface area contributed by atoms with Crippen LogP contribution in [0.2, 0.25) is 0 Å². The fraction of sp³-hybridized carbons (Fsp3) is 0.652. The fourth-order valence-electron chi connectivity index (χ4n) is 4.24. The molecule has 29 heavy (non-hydrogen) atoms. The van der Waals surface area contributed by atoms with Gasteiger partial charge in [-0.05, 0) is 45.4 Å². The molecule has 1 N–H and O–H groups in total. The number of aryl methyl sites for hydroxylation is 1. The van der Waals surface area contributed by atoms with E-state index in [-0.39, 0.29) is 11.8 Å². The molecule has 1 aromatic rings. The third-order valence-electron chi connectivity index (χ3n) is 6.25. The summed E-state index contributed by atoms with van der Waals surface area (Å²) < 4.78 is 0. The molecule has 2 saturated heterocycles. The highest BCUT2D eigenvalue weighted by Gasteiger charge is 2.23. The number of hydrogen-bond donors (Lipinski definition) is 1. The van der Waals surface area contributed by atoms with E-state index in [1.54, 1.807) is 0 Å². The molecule has 0 radical (unpaired) electrons. The lowest BCUT2D eigenvalue weighted by molar-refractivity contribution is -0.131. The van der Waals surface area contributed by atoms with Gasteiger partial charge in [-0.1, -0.05) is 24.1 Å². The molecule has 2 amide bonds. The second-order valence-electron chi connectivity index (χ2n) is 8.42. The Morgan fingerprint density at radius 3 is 2.48 bits per heavy atom. The summed E-state index contributed by atoms with van der Waals surface area (Å²) in [6.07, 6.45) is 4.15. The molecule has 0 spiro atoms. The van der Waals surface area contributed by atoms with E-state index < -0.39 is 0 Å². The molecular formula is C23H36N4O2. The summed E-state index contributed by atoms with van der Waals surface area (Å²) in [5.74, 6) is 0.183. The van der Waals surface area contributed by atoms with Gasteiger partial charge in [-0.25, -0.2) is 0 Å². The summed E-state index contributed by atoms with van der Waals surface area (Å²) in [7, 11) is 0. The number of benzene rings is 1. The van der Waals surface area contributed by atoms with Crippen molar-refractivity contribution < 1.29 is 9.59 Å². The Kier molecular flexibility index (Phi) is 8.07. The van der Waals surface area contributed by atoms with Gasteiger partial charge < -0.3 is 15.1 Å². The molecular weight excluding hydrogens is 364 g/mol. The first-order valence-corrected chi connectivity index (χ1v) is 11.1. The third kappa shape index (κ3) is 6.28. The maximum Gasteiger partial charge on any atom is 0.253 e. The van der Waals surface area contributed by atoms with Crippen molar-refractivity contribution in [3.63, 3.8) is 0 Å². The maximum atomic E-state index is 13.2. The Morgan fingerprint density at radius 2 is 1.79 bits per heavy atom. The van der Waals surface area contributed by atoms with E-state index in [0.717, 1.165) is 44.8 Å². The van der Waals surface area contributed by atoms with Crippen molar-refractivity contribution >= 4 is 11.8 Å². The zero-order chi connectivity index (χ0) is 20.6. The van der Waals surface area contributed by atoms with Gasteiger partial charge in [-0.3, -0.25) is 14.5 Å². The van der Waals surface area contributed by atoms with Crippen LogP contribution in [0.15, 0.2) is 24.3 Å². The number of hydrogen-bond acceptors (Lipinski definition) is 4. The van der Waals surface area contributed by atoms with Crippen LogP contribution in [0.25, 0.3) is 0 Å². The largest absolute Gasteiger partial charge is 0.340 e. The number of nitrogens with zero attached hydrogens (tertiary/aromatic N) is 3. The molecule has 3 rings (SSSR count). The van der Waals surface area contributed by atoms with Crippen molar-refractivity contribution in [2.75, 3.05) is 52.4 Å². The molecule has 6 heteroatoms. The van der Waals surface area contributed by atoms with Crippen molar-refractivity contribution in [1.82, 2.24) is 20.0 Å². The zero-order valence-electron chi connectivity index (χ0n) is 18.0. The van der Waals surface area contributed by atoms with Gasteiger partial charge in [0.1, 0.15) is 0 Å². The number of carbonyl (C=O) groups is 2. The quantitative estimate of drug-likeness (QED) is 0.762. The van der Waals surface area contributed by atoms with Gasteiger partial charge in [0.05, 0.1) is 0 Å². The van der Waals surface area contributed by atoms with Crippen LogP contribution in [0.4, 0.5) is 0 Å². The summed E-state index contributed by atoms with van der Waals surface area (Å²) in [5, 5.41) is 3.28. The molecule has 0 aliphatic carbocycles. The molecule has 160 valence electrons. The van der Waals surface area contributed by atoms with Gasteiger partial charge in [0.2, 0.25) is 5.91 Å². The Balaban J connectivity index is 1.62. The molecule has 0 bridgehead atoms. The lowest BCUT2D eigenvalue weighted by Gasteiger charge is -2.35. The number of amides is 2. The van der Waals surface area contributed by atoms with E-state index in [4.69, 9.17) is 0 Å². The van der Waals surface area contributed by atoms with Crippen molar-refractivity contribution in [3.05, 3.63) is 35.4 Å². The Hall–Kier alpha value is -1.92. The molecule has 0 unspecified atom stereocenters. The van der Waals surface area contributed by atoms with Crippen LogP contribution in [0.3, 0.4) is 0 Å². The van der Waals surface area contributed by atoms with E-state index in [0.29, 0.717) is 31.1 Å². The van der Waals surface area contributed by atoms with Crippen LogP contribution < -0.4 is 5.32 Å². The van der Waals surface area contributed by atoms with Gasteiger partial charge in [-0.15, -0.1) is 0 Å². The average molecular weight is 401 g/mol. The van der Waals surface area contributed by atoms with Gasteiger partial charge in [0.15, 0.2) is 0 Å². The van der Waals surface area contributed by atoms with Crippen LogP contribution in [0.1, 0.15) is 48.5 Å². The first-order valence-electron chi connectivity index (χ1n) is 11.1. The molecule has 1 atom stereocenters. The lowest BCUT2D eigenvalue weighted by Crippen LogP contribution is -2.48. The minimum absolute atomic E-state index is 0.0303.